The van der Waals surface area contributed by atoms with E-state index < -0.39 is 0 Å². The van der Waals surface area contributed by atoms with Crippen LogP contribution in [0.1, 0.15) is 18.4 Å². The monoisotopic (exact) mass is 275 g/mol. The summed E-state index contributed by atoms with van der Waals surface area (Å²) in [7, 11) is 0. The van der Waals surface area contributed by atoms with Crippen LogP contribution in [-0.2, 0) is 6.54 Å². The predicted octanol–water partition coefficient (Wildman–Crippen LogP) is 3.98. The van der Waals surface area contributed by atoms with Crippen LogP contribution in [0.25, 0.3) is 0 Å². The molecule has 16 heavy (non-hydrogen) atoms. The van der Waals surface area contributed by atoms with E-state index in [0.29, 0.717) is 16.1 Å². The Bertz CT molecular complexity index is 351. The highest BCUT2D eigenvalue weighted by Gasteiger charge is 2.13. The first-order valence-electron chi connectivity index (χ1n) is 5.51. The van der Waals surface area contributed by atoms with Crippen molar-refractivity contribution in [3.05, 3.63) is 33.8 Å². The summed E-state index contributed by atoms with van der Waals surface area (Å²) in [5, 5.41) is 4.87. The molecule has 4 heteroatoms. The van der Waals surface area contributed by atoms with Crippen molar-refractivity contribution in [3.8, 4) is 0 Å². The molecule has 1 fully saturated rings. The van der Waals surface area contributed by atoms with Gasteiger partial charge in [0.15, 0.2) is 0 Å². The first kappa shape index (κ1) is 12.6. The summed E-state index contributed by atoms with van der Waals surface area (Å²) in [6, 6.07) is 6.43. The maximum atomic E-state index is 6.13. The van der Waals surface area contributed by atoms with Crippen LogP contribution >= 0.6 is 35.0 Å². The lowest BCUT2D eigenvalue weighted by molar-refractivity contribution is 0.482. The van der Waals surface area contributed by atoms with Crippen LogP contribution in [0.15, 0.2) is 18.2 Å². The van der Waals surface area contributed by atoms with Crippen molar-refractivity contribution in [2.24, 2.45) is 0 Å². The number of nitrogens with one attached hydrogen (secondary N) is 1. The standard InChI is InChI=1S/C12H15Cl2NS/c13-11-3-1-2-9(12(11)14)8-15-10-4-6-16-7-5-10/h1-3,10,15H,4-8H2. The summed E-state index contributed by atoms with van der Waals surface area (Å²) in [5.41, 5.74) is 1.09. The first-order chi connectivity index (χ1) is 7.77. The highest BCUT2D eigenvalue weighted by Crippen LogP contribution is 2.26. The Morgan fingerprint density at radius 2 is 2.00 bits per heavy atom. The molecule has 0 aliphatic carbocycles. The lowest BCUT2D eigenvalue weighted by Gasteiger charge is -2.22. The molecule has 1 aliphatic heterocycles. The van der Waals surface area contributed by atoms with Gasteiger partial charge in [-0.15, -0.1) is 0 Å². The molecular weight excluding hydrogens is 261 g/mol. The summed E-state index contributed by atoms with van der Waals surface area (Å²) < 4.78 is 0. The van der Waals surface area contributed by atoms with Gasteiger partial charge in [-0.05, 0) is 36.0 Å². The fourth-order valence-electron chi connectivity index (χ4n) is 1.84. The largest absolute Gasteiger partial charge is 0.310 e. The Kier molecular flexibility index (Phi) is 4.83. The van der Waals surface area contributed by atoms with Crippen LogP contribution in [0.3, 0.4) is 0 Å². The second-order valence-corrected chi connectivity index (χ2v) is 5.99. The summed E-state index contributed by atoms with van der Waals surface area (Å²) >= 11 is 14.1. The molecule has 1 heterocycles. The Hall–Kier alpha value is 0.110. The van der Waals surface area contributed by atoms with Gasteiger partial charge in [0.05, 0.1) is 10.0 Å². The van der Waals surface area contributed by atoms with E-state index in [1.807, 2.05) is 30.0 Å². The normalized spacial score (nSPS) is 17.6. The highest BCUT2D eigenvalue weighted by molar-refractivity contribution is 7.99. The van der Waals surface area contributed by atoms with Gasteiger partial charge < -0.3 is 5.32 Å². The van der Waals surface area contributed by atoms with Crippen molar-refractivity contribution in [2.75, 3.05) is 11.5 Å². The smallest absolute Gasteiger partial charge is 0.0637 e. The van der Waals surface area contributed by atoms with Gasteiger partial charge in [-0.25, -0.2) is 0 Å². The number of hydrogen-bond acceptors (Lipinski definition) is 2. The molecule has 0 bridgehead atoms. The van der Waals surface area contributed by atoms with Gasteiger partial charge in [-0.3, -0.25) is 0 Å². The van der Waals surface area contributed by atoms with Crippen molar-refractivity contribution in [1.82, 2.24) is 5.32 Å². The van der Waals surface area contributed by atoms with Gasteiger partial charge in [0.25, 0.3) is 0 Å². The summed E-state index contributed by atoms with van der Waals surface area (Å²) in [6.45, 7) is 0.814. The molecule has 0 amide bonds. The van der Waals surface area contributed by atoms with Crippen LogP contribution in [0.5, 0.6) is 0 Å². The van der Waals surface area contributed by atoms with E-state index in [0.717, 1.165) is 12.1 Å². The SMILES string of the molecule is Clc1cccc(CNC2CCSCC2)c1Cl. The molecule has 1 aromatic carbocycles. The van der Waals surface area contributed by atoms with E-state index in [1.54, 1.807) is 0 Å². The minimum atomic E-state index is 0.635. The number of benzene rings is 1. The molecule has 1 nitrogen and oxygen atoms in total. The average Bonchev–Trinajstić information content (AvgIpc) is 2.32. The maximum absolute atomic E-state index is 6.13. The van der Waals surface area contributed by atoms with E-state index in [-0.39, 0.29) is 0 Å². The zero-order chi connectivity index (χ0) is 11.4. The van der Waals surface area contributed by atoms with Gasteiger partial charge in [-0.1, -0.05) is 35.3 Å². The van der Waals surface area contributed by atoms with Crippen LogP contribution < -0.4 is 5.32 Å². The molecule has 0 unspecified atom stereocenters. The molecule has 0 spiro atoms. The fourth-order valence-corrected chi connectivity index (χ4v) is 3.33. The zero-order valence-electron chi connectivity index (χ0n) is 9.01. The van der Waals surface area contributed by atoms with Crippen LogP contribution in [0.2, 0.25) is 10.0 Å². The Morgan fingerprint density at radius 3 is 2.75 bits per heavy atom. The van der Waals surface area contributed by atoms with Gasteiger partial charge in [-0.2, -0.15) is 11.8 Å². The lowest BCUT2D eigenvalue weighted by Crippen LogP contribution is -2.32. The molecular formula is C12H15Cl2NS. The van der Waals surface area contributed by atoms with Gasteiger partial charge in [0, 0.05) is 12.6 Å². The Balaban J connectivity index is 1.91. The van der Waals surface area contributed by atoms with E-state index in [2.05, 4.69) is 5.32 Å². The molecule has 1 saturated heterocycles. The van der Waals surface area contributed by atoms with Crippen LogP contribution in [-0.4, -0.2) is 17.5 Å². The fraction of sp³-hybridized carbons (Fsp3) is 0.500. The zero-order valence-corrected chi connectivity index (χ0v) is 11.3. The van der Waals surface area contributed by atoms with E-state index in [4.69, 9.17) is 23.2 Å². The summed E-state index contributed by atoms with van der Waals surface area (Å²) in [6.07, 6.45) is 2.51. The molecule has 1 aromatic rings. The number of halogens is 2. The van der Waals surface area contributed by atoms with Gasteiger partial charge >= 0.3 is 0 Å². The third-order valence-electron chi connectivity index (χ3n) is 2.83. The van der Waals surface area contributed by atoms with Crippen molar-refractivity contribution >= 4 is 35.0 Å². The molecule has 0 atom stereocenters. The molecule has 1 aliphatic rings. The van der Waals surface area contributed by atoms with E-state index in [1.165, 1.54) is 24.3 Å². The van der Waals surface area contributed by atoms with Crippen LogP contribution in [0.4, 0.5) is 0 Å². The van der Waals surface area contributed by atoms with Crippen molar-refractivity contribution in [1.29, 1.82) is 0 Å². The second-order valence-electron chi connectivity index (χ2n) is 3.98. The van der Waals surface area contributed by atoms with Crippen molar-refractivity contribution in [3.63, 3.8) is 0 Å². The molecule has 1 N–H and O–H groups in total. The lowest BCUT2D eigenvalue weighted by atomic mass is 10.1. The minimum Gasteiger partial charge on any atom is -0.310 e. The van der Waals surface area contributed by atoms with Gasteiger partial charge in [0.1, 0.15) is 0 Å². The molecule has 0 saturated carbocycles. The quantitative estimate of drug-likeness (QED) is 0.896. The van der Waals surface area contributed by atoms with Gasteiger partial charge in [0.2, 0.25) is 0 Å². The number of thioether (sulfide) groups is 1. The summed E-state index contributed by atoms with van der Waals surface area (Å²) in [5.74, 6) is 2.53. The summed E-state index contributed by atoms with van der Waals surface area (Å²) in [4.78, 5) is 0. The number of rotatable bonds is 3. The highest BCUT2D eigenvalue weighted by atomic mass is 35.5. The van der Waals surface area contributed by atoms with Crippen LogP contribution in [0, 0.1) is 0 Å². The molecule has 88 valence electrons. The van der Waals surface area contributed by atoms with E-state index >= 15 is 0 Å². The Morgan fingerprint density at radius 1 is 1.25 bits per heavy atom. The number of hydrogen-bond donors (Lipinski definition) is 1. The van der Waals surface area contributed by atoms with Crippen molar-refractivity contribution in [2.45, 2.75) is 25.4 Å². The molecule has 0 aromatic heterocycles. The predicted molar refractivity (Wildman–Crippen MR) is 73.6 cm³/mol. The molecule has 2 rings (SSSR count). The Labute approximate surface area is 111 Å². The second kappa shape index (κ2) is 6.15. The maximum Gasteiger partial charge on any atom is 0.0637 e. The minimum absolute atomic E-state index is 0.635. The average molecular weight is 276 g/mol. The first-order valence-corrected chi connectivity index (χ1v) is 7.42. The van der Waals surface area contributed by atoms with E-state index in [9.17, 15) is 0 Å². The van der Waals surface area contributed by atoms with Crippen molar-refractivity contribution < 1.29 is 0 Å². The third kappa shape index (κ3) is 3.30. The third-order valence-corrected chi connectivity index (χ3v) is 4.74. The molecule has 0 radical (unpaired) electrons. The topological polar surface area (TPSA) is 12.0 Å².